The lowest BCUT2D eigenvalue weighted by atomic mass is 10.1. The summed E-state index contributed by atoms with van der Waals surface area (Å²) in [5, 5.41) is 8.99. The SMILES string of the molecule is CCCc1cn(C)c2c(=O)[nH]c(-c3cc(S(=O)(=O)N4CCN(CCCCO)CC4)ccc3OCC)nc12.Cl. The minimum absolute atomic E-state index is 0. The third-order valence-electron chi connectivity index (χ3n) is 6.78. The van der Waals surface area contributed by atoms with E-state index in [0.717, 1.165) is 37.8 Å². The first-order valence-corrected chi connectivity index (χ1v) is 14.4. The maximum Gasteiger partial charge on any atom is 0.275 e. The van der Waals surface area contributed by atoms with Crippen molar-refractivity contribution in [2.45, 2.75) is 44.4 Å². The fraction of sp³-hybridized carbons (Fsp3) is 0.538. The second-order valence-electron chi connectivity index (χ2n) is 9.39. The van der Waals surface area contributed by atoms with Gasteiger partial charge in [0.15, 0.2) is 0 Å². The zero-order valence-electron chi connectivity index (χ0n) is 22.3. The van der Waals surface area contributed by atoms with Crippen molar-refractivity contribution in [3.63, 3.8) is 0 Å². The molecule has 3 aromatic rings. The molecule has 2 N–H and O–H groups in total. The number of sulfonamides is 1. The van der Waals surface area contributed by atoms with Crippen LogP contribution in [0.25, 0.3) is 22.4 Å². The highest BCUT2D eigenvalue weighted by Gasteiger charge is 2.29. The molecule has 1 saturated heterocycles. The number of aliphatic hydroxyl groups is 1. The van der Waals surface area contributed by atoms with Crippen molar-refractivity contribution in [2.24, 2.45) is 7.05 Å². The number of nitrogens with one attached hydrogen (secondary N) is 1. The Morgan fingerprint density at radius 1 is 1.13 bits per heavy atom. The molecule has 0 spiro atoms. The van der Waals surface area contributed by atoms with Crippen molar-refractivity contribution in [1.82, 2.24) is 23.7 Å². The molecule has 12 heteroatoms. The largest absolute Gasteiger partial charge is 0.493 e. The molecule has 0 saturated carbocycles. The first kappa shape index (κ1) is 30.1. The van der Waals surface area contributed by atoms with Gasteiger partial charge in [0.25, 0.3) is 5.56 Å². The molecule has 0 radical (unpaired) electrons. The van der Waals surface area contributed by atoms with Gasteiger partial charge in [0.1, 0.15) is 17.1 Å². The molecule has 3 heterocycles. The van der Waals surface area contributed by atoms with Gasteiger partial charge in [0, 0.05) is 46.0 Å². The molecule has 0 bridgehead atoms. The van der Waals surface area contributed by atoms with Gasteiger partial charge in [-0.2, -0.15) is 4.31 Å². The Hall–Kier alpha value is -2.44. The molecule has 210 valence electrons. The molecule has 0 amide bonds. The lowest BCUT2D eigenvalue weighted by molar-refractivity contribution is 0.180. The molecule has 38 heavy (non-hydrogen) atoms. The Kier molecular flexibility index (Phi) is 10.4. The molecule has 0 unspecified atom stereocenters. The van der Waals surface area contributed by atoms with E-state index in [2.05, 4.69) is 16.8 Å². The Morgan fingerprint density at radius 3 is 2.53 bits per heavy atom. The predicted molar refractivity (Wildman–Crippen MR) is 151 cm³/mol. The summed E-state index contributed by atoms with van der Waals surface area (Å²) in [7, 11) is -1.93. The van der Waals surface area contributed by atoms with Gasteiger partial charge < -0.3 is 24.3 Å². The third-order valence-corrected chi connectivity index (χ3v) is 8.67. The number of piperazine rings is 1. The minimum atomic E-state index is -3.75. The Labute approximate surface area is 230 Å². The number of aryl methyl sites for hydroxylation is 2. The van der Waals surface area contributed by atoms with E-state index in [0.29, 0.717) is 55.1 Å². The quantitative estimate of drug-likeness (QED) is 0.342. The number of aromatic amines is 1. The van der Waals surface area contributed by atoms with Crippen LogP contribution in [0.4, 0.5) is 0 Å². The van der Waals surface area contributed by atoms with E-state index in [1.165, 1.54) is 4.31 Å². The predicted octanol–water partition coefficient (Wildman–Crippen LogP) is 2.78. The Bertz CT molecular complexity index is 1400. The highest BCUT2D eigenvalue weighted by atomic mass is 35.5. The van der Waals surface area contributed by atoms with Crippen LogP contribution in [-0.2, 0) is 23.5 Å². The normalized spacial score (nSPS) is 15.1. The van der Waals surface area contributed by atoms with Crippen LogP contribution in [-0.4, -0.2) is 83.2 Å². The Morgan fingerprint density at radius 2 is 1.87 bits per heavy atom. The molecular weight excluding hydrogens is 530 g/mol. The third kappa shape index (κ3) is 6.23. The van der Waals surface area contributed by atoms with E-state index >= 15 is 0 Å². The zero-order valence-corrected chi connectivity index (χ0v) is 23.9. The lowest BCUT2D eigenvalue weighted by Crippen LogP contribution is -2.48. The summed E-state index contributed by atoms with van der Waals surface area (Å²) in [6.07, 6.45) is 5.26. The minimum Gasteiger partial charge on any atom is -0.493 e. The van der Waals surface area contributed by atoms with Crippen LogP contribution in [0.5, 0.6) is 5.75 Å². The van der Waals surface area contributed by atoms with E-state index in [4.69, 9.17) is 14.8 Å². The number of fused-ring (bicyclic) bond motifs is 1. The number of aromatic nitrogens is 3. The molecule has 1 aliphatic rings. The van der Waals surface area contributed by atoms with Gasteiger partial charge in [-0.1, -0.05) is 13.3 Å². The van der Waals surface area contributed by atoms with Crippen molar-refractivity contribution in [3.8, 4) is 17.1 Å². The molecule has 4 rings (SSSR count). The smallest absolute Gasteiger partial charge is 0.275 e. The second kappa shape index (κ2) is 13.1. The van der Waals surface area contributed by atoms with Crippen molar-refractivity contribution >= 4 is 33.5 Å². The summed E-state index contributed by atoms with van der Waals surface area (Å²) < 4.78 is 36.2. The van der Waals surface area contributed by atoms with E-state index in [1.54, 1.807) is 22.8 Å². The second-order valence-corrected chi connectivity index (χ2v) is 11.3. The monoisotopic (exact) mass is 567 g/mol. The average molecular weight is 568 g/mol. The van der Waals surface area contributed by atoms with Gasteiger partial charge in [0.05, 0.1) is 22.6 Å². The van der Waals surface area contributed by atoms with E-state index < -0.39 is 10.0 Å². The number of halogens is 1. The maximum atomic E-state index is 13.6. The molecule has 1 fully saturated rings. The standard InChI is InChI=1S/C26H37N5O5S.ClH/c1-4-8-19-18-29(3)24-23(19)27-25(28-26(24)33)21-17-20(9-10-22(21)36-5-2)37(34,35)31-14-12-30(13-15-31)11-6-7-16-32;/h9-10,17-18,32H,4-8,11-16H2,1-3H3,(H,27,28,33);1H. The summed E-state index contributed by atoms with van der Waals surface area (Å²) in [6, 6.07) is 4.75. The van der Waals surface area contributed by atoms with Gasteiger partial charge in [-0.3, -0.25) is 4.79 Å². The van der Waals surface area contributed by atoms with Crippen molar-refractivity contribution in [3.05, 3.63) is 40.3 Å². The number of H-pyrrole nitrogens is 1. The summed E-state index contributed by atoms with van der Waals surface area (Å²) in [6.45, 7) is 7.42. The summed E-state index contributed by atoms with van der Waals surface area (Å²) in [5.74, 6) is 0.751. The first-order valence-electron chi connectivity index (χ1n) is 13.0. The van der Waals surface area contributed by atoms with Gasteiger partial charge >= 0.3 is 0 Å². The van der Waals surface area contributed by atoms with E-state index in [1.807, 2.05) is 20.2 Å². The van der Waals surface area contributed by atoms with Gasteiger partial charge in [0.2, 0.25) is 10.0 Å². The number of hydrogen-bond acceptors (Lipinski definition) is 7. The number of rotatable bonds is 11. The highest BCUT2D eigenvalue weighted by molar-refractivity contribution is 7.89. The molecular formula is C26H38ClN5O5S. The number of hydrogen-bond donors (Lipinski definition) is 2. The summed E-state index contributed by atoms with van der Waals surface area (Å²) in [4.78, 5) is 23.0. The number of unbranched alkanes of at least 4 members (excludes halogenated alkanes) is 1. The average Bonchev–Trinajstić information content (AvgIpc) is 3.20. The van der Waals surface area contributed by atoms with Gasteiger partial charge in [-0.15, -0.1) is 12.4 Å². The maximum absolute atomic E-state index is 13.6. The highest BCUT2D eigenvalue weighted by Crippen LogP contribution is 2.32. The molecule has 10 nitrogen and oxygen atoms in total. The molecule has 2 aromatic heterocycles. The van der Waals surface area contributed by atoms with E-state index in [-0.39, 0.29) is 35.3 Å². The van der Waals surface area contributed by atoms with Crippen molar-refractivity contribution < 1.29 is 18.3 Å². The fourth-order valence-electron chi connectivity index (χ4n) is 4.88. The lowest BCUT2D eigenvalue weighted by Gasteiger charge is -2.34. The molecule has 0 aliphatic carbocycles. The fourth-order valence-corrected chi connectivity index (χ4v) is 6.33. The van der Waals surface area contributed by atoms with Crippen LogP contribution in [0.2, 0.25) is 0 Å². The number of ether oxygens (including phenoxy) is 1. The summed E-state index contributed by atoms with van der Waals surface area (Å²) >= 11 is 0. The van der Waals surface area contributed by atoms with Gasteiger partial charge in [-0.25, -0.2) is 13.4 Å². The molecule has 1 aliphatic heterocycles. The zero-order chi connectivity index (χ0) is 26.6. The number of nitrogens with zero attached hydrogens (tertiary/aromatic N) is 4. The Balaban J connectivity index is 0.00000400. The molecule has 0 atom stereocenters. The van der Waals surface area contributed by atoms with E-state index in [9.17, 15) is 13.2 Å². The van der Waals surface area contributed by atoms with Crippen LogP contribution >= 0.6 is 12.4 Å². The van der Waals surface area contributed by atoms with Crippen molar-refractivity contribution in [1.29, 1.82) is 0 Å². The van der Waals surface area contributed by atoms with Crippen LogP contribution < -0.4 is 10.3 Å². The topological polar surface area (TPSA) is 121 Å². The first-order chi connectivity index (χ1) is 17.8. The van der Waals surface area contributed by atoms with Crippen LogP contribution in [0.3, 0.4) is 0 Å². The van der Waals surface area contributed by atoms with Gasteiger partial charge in [-0.05, 0) is 56.5 Å². The molecule has 1 aromatic carbocycles. The van der Waals surface area contributed by atoms with Crippen LogP contribution in [0.15, 0.2) is 34.1 Å². The number of benzene rings is 1. The summed E-state index contributed by atoms with van der Waals surface area (Å²) in [5.41, 5.74) is 2.25. The van der Waals surface area contributed by atoms with Crippen LogP contribution in [0.1, 0.15) is 38.7 Å². The van der Waals surface area contributed by atoms with Crippen molar-refractivity contribution in [2.75, 3.05) is 45.9 Å². The number of aliphatic hydroxyl groups excluding tert-OH is 1. The van der Waals surface area contributed by atoms with Crippen LogP contribution in [0, 0.1) is 0 Å².